The number of nitrogens with zero attached hydrogens (tertiary/aromatic N) is 3. The molecule has 1 atom stereocenters. The Bertz CT molecular complexity index is 704. The predicted octanol–water partition coefficient (Wildman–Crippen LogP) is 3.25. The number of hydrogen-bond acceptors (Lipinski definition) is 5. The Labute approximate surface area is 159 Å². The van der Waals surface area contributed by atoms with Gasteiger partial charge < -0.3 is 14.4 Å². The van der Waals surface area contributed by atoms with Crippen molar-refractivity contribution in [2.45, 2.75) is 32.7 Å². The number of aromatic nitrogens is 2. The van der Waals surface area contributed by atoms with Crippen molar-refractivity contribution in [2.24, 2.45) is 5.92 Å². The fourth-order valence-electron chi connectivity index (χ4n) is 2.77. The SMILES string of the molecule is CCOCC1CN(Cc2ccsc2)Cc2nccn2C1.O=C(O)C(F)(F)F. The molecule has 0 bridgehead atoms. The van der Waals surface area contributed by atoms with E-state index in [9.17, 15) is 13.2 Å². The molecule has 0 aromatic carbocycles. The molecule has 0 amide bonds. The molecule has 10 heteroatoms. The number of imidazole rings is 1. The summed E-state index contributed by atoms with van der Waals surface area (Å²) < 4.78 is 39.7. The highest BCUT2D eigenvalue weighted by Gasteiger charge is 2.38. The van der Waals surface area contributed by atoms with Gasteiger partial charge in [-0.2, -0.15) is 24.5 Å². The summed E-state index contributed by atoms with van der Waals surface area (Å²) in [6.07, 6.45) is -1.09. The molecule has 0 saturated heterocycles. The van der Waals surface area contributed by atoms with Crippen molar-refractivity contribution < 1.29 is 27.8 Å². The van der Waals surface area contributed by atoms with Gasteiger partial charge >= 0.3 is 12.1 Å². The van der Waals surface area contributed by atoms with Crippen LogP contribution in [0.15, 0.2) is 29.2 Å². The Morgan fingerprint density at radius 3 is 2.78 bits per heavy atom. The molecule has 2 aromatic heterocycles. The molecular formula is C17H22F3N3O3S. The van der Waals surface area contributed by atoms with Crippen LogP contribution in [0.5, 0.6) is 0 Å². The first-order chi connectivity index (χ1) is 12.8. The second-order valence-electron chi connectivity index (χ2n) is 6.13. The van der Waals surface area contributed by atoms with E-state index in [0.29, 0.717) is 5.92 Å². The van der Waals surface area contributed by atoms with Crippen molar-refractivity contribution in [1.82, 2.24) is 14.5 Å². The number of carboxylic acid groups (broad SMARTS) is 1. The number of thiophene rings is 1. The molecule has 0 aliphatic carbocycles. The van der Waals surface area contributed by atoms with E-state index < -0.39 is 12.1 Å². The lowest BCUT2D eigenvalue weighted by atomic mass is 10.1. The van der Waals surface area contributed by atoms with Crippen molar-refractivity contribution in [3.05, 3.63) is 40.6 Å². The Morgan fingerprint density at radius 2 is 2.19 bits per heavy atom. The van der Waals surface area contributed by atoms with E-state index in [0.717, 1.165) is 39.4 Å². The van der Waals surface area contributed by atoms with Crippen LogP contribution in [0, 0.1) is 5.92 Å². The molecule has 150 valence electrons. The van der Waals surface area contributed by atoms with Gasteiger partial charge in [-0.15, -0.1) is 0 Å². The summed E-state index contributed by atoms with van der Waals surface area (Å²) in [4.78, 5) is 15.9. The third-order valence-corrected chi connectivity index (χ3v) is 4.66. The molecule has 1 aliphatic heterocycles. The maximum atomic E-state index is 10.6. The topological polar surface area (TPSA) is 67.6 Å². The van der Waals surface area contributed by atoms with Crippen LogP contribution >= 0.6 is 11.3 Å². The summed E-state index contributed by atoms with van der Waals surface area (Å²) in [5, 5.41) is 11.5. The van der Waals surface area contributed by atoms with Crippen LogP contribution in [0.4, 0.5) is 13.2 Å². The zero-order valence-electron chi connectivity index (χ0n) is 14.9. The van der Waals surface area contributed by atoms with Crippen LogP contribution in [0.1, 0.15) is 18.3 Å². The first-order valence-corrected chi connectivity index (χ1v) is 9.35. The monoisotopic (exact) mass is 405 g/mol. The van der Waals surface area contributed by atoms with Crippen LogP contribution in [-0.2, 0) is 29.2 Å². The Morgan fingerprint density at radius 1 is 1.44 bits per heavy atom. The summed E-state index contributed by atoms with van der Waals surface area (Å²) in [6.45, 7) is 7.67. The van der Waals surface area contributed by atoms with Gasteiger partial charge in [-0.3, -0.25) is 4.90 Å². The minimum absolute atomic E-state index is 0.532. The molecule has 6 nitrogen and oxygen atoms in total. The zero-order valence-corrected chi connectivity index (χ0v) is 15.7. The van der Waals surface area contributed by atoms with E-state index in [1.807, 2.05) is 6.20 Å². The predicted molar refractivity (Wildman–Crippen MR) is 94.3 cm³/mol. The molecule has 0 fully saturated rings. The summed E-state index contributed by atoms with van der Waals surface area (Å²) in [7, 11) is 0. The highest BCUT2D eigenvalue weighted by molar-refractivity contribution is 7.07. The second kappa shape index (κ2) is 9.86. The third-order valence-electron chi connectivity index (χ3n) is 3.92. The molecule has 27 heavy (non-hydrogen) atoms. The minimum atomic E-state index is -5.08. The molecule has 2 aromatic rings. The zero-order chi connectivity index (χ0) is 19.9. The van der Waals surface area contributed by atoms with Gasteiger partial charge in [-0.05, 0) is 29.3 Å². The fraction of sp³-hybridized carbons (Fsp3) is 0.529. The maximum Gasteiger partial charge on any atom is 0.490 e. The van der Waals surface area contributed by atoms with Gasteiger partial charge in [0.05, 0.1) is 13.2 Å². The van der Waals surface area contributed by atoms with Gasteiger partial charge in [0.2, 0.25) is 0 Å². The molecule has 0 radical (unpaired) electrons. The summed E-state index contributed by atoms with van der Waals surface area (Å²) >= 11 is 1.76. The number of hydrogen-bond donors (Lipinski definition) is 1. The Balaban J connectivity index is 0.000000321. The lowest BCUT2D eigenvalue weighted by Crippen LogP contribution is -2.30. The second-order valence-corrected chi connectivity index (χ2v) is 6.91. The molecule has 3 heterocycles. The Hall–Kier alpha value is -1.91. The van der Waals surface area contributed by atoms with Gasteiger partial charge in [0.15, 0.2) is 0 Å². The summed E-state index contributed by atoms with van der Waals surface area (Å²) in [5.41, 5.74) is 1.39. The van der Waals surface area contributed by atoms with E-state index >= 15 is 0 Å². The van der Waals surface area contributed by atoms with Crippen molar-refractivity contribution in [1.29, 1.82) is 0 Å². The lowest BCUT2D eigenvalue weighted by molar-refractivity contribution is -0.192. The largest absolute Gasteiger partial charge is 0.490 e. The van der Waals surface area contributed by atoms with Crippen LogP contribution in [0.2, 0.25) is 0 Å². The number of aliphatic carboxylic acids is 1. The van der Waals surface area contributed by atoms with Gasteiger partial charge in [0.1, 0.15) is 5.82 Å². The number of ether oxygens (including phenoxy) is 1. The van der Waals surface area contributed by atoms with Crippen LogP contribution in [0.25, 0.3) is 0 Å². The summed E-state index contributed by atoms with van der Waals surface area (Å²) in [6, 6.07) is 2.21. The first-order valence-electron chi connectivity index (χ1n) is 8.40. The highest BCUT2D eigenvalue weighted by atomic mass is 32.1. The molecule has 1 unspecified atom stereocenters. The third kappa shape index (κ3) is 6.96. The van der Waals surface area contributed by atoms with Crippen LogP contribution in [-0.4, -0.2) is 51.5 Å². The van der Waals surface area contributed by atoms with E-state index in [1.165, 1.54) is 11.4 Å². The first kappa shape index (κ1) is 21.4. The molecule has 1 N–H and O–H groups in total. The molecule has 0 saturated carbocycles. The number of carbonyl (C=O) groups is 1. The van der Waals surface area contributed by atoms with Crippen molar-refractivity contribution in [3.63, 3.8) is 0 Å². The average Bonchev–Trinajstić information content (AvgIpc) is 3.22. The number of rotatable bonds is 5. The molecule has 1 aliphatic rings. The molecular weight excluding hydrogens is 383 g/mol. The van der Waals surface area contributed by atoms with E-state index in [2.05, 4.69) is 44.4 Å². The minimum Gasteiger partial charge on any atom is -0.475 e. The van der Waals surface area contributed by atoms with Crippen molar-refractivity contribution in [3.8, 4) is 0 Å². The summed E-state index contributed by atoms with van der Waals surface area (Å²) in [5.74, 6) is -1.06. The Kier molecular flexibility index (Phi) is 7.81. The van der Waals surface area contributed by atoms with Gasteiger partial charge in [0, 0.05) is 44.6 Å². The van der Waals surface area contributed by atoms with E-state index in [4.69, 9.17) is 14.6 Å². The quantitative estimate of drug-likeness (QED) is 0.827. The maximum absolute atomic E-state index is 10.6. The smallest absolute Gasteiger partial charge is 0.475 e. The number of halogens is 3. The van der Waals surface area contributed by atoms with Crippen LogP contribution < -0.4 is 0 Å². The molecule has 3 rings (SSSR count). The standard InChI is InChI=1S/C15H21N3OS.C2HF3O2/c1-2-19-11-14-8-17(7-13-3-6-20-12-13)10-15-16-4-5-18(15)9-14;3-2(4,5)1(6)7/h3-6,12,14H,2,7-11H2,1H3;(H,6,7). The van der Waals surface area contributed by atoms with Crippen LogP contribution in [0.3, 0.4) is 0 Å². The number of carboxylic acids is 1. The fourth-order valence-corrected chi connectivity index (χ4v) is 3.43. The van der Waals surface area contributed by atoms with Crippen molar-refractivity contribution in [2.75, 3.05) is 19.8 Å². The number of fused-ring (bicyclic) bond motifs is 1. The number of alkyl halides is 3. The molecule has 0 spiro atoms. The average molecular weight is 405 g/mol. The van der Waals surface area contributed by atoms with Gasteiger partial charge in [-0.25, -0.2) is 9.78 Å². The highest BCUT2D eigenvalue weighted by Crippen LogP contribution is 2.19. The van der Waals surface area contributed by atoms with Gasteiger partial charge in [0.25, 0.3) is 0 Å². The van der Waals surface area contributed by atoms with E-state index in [-0.39, 0.29) is 0 Å². The normalized spacial score (nSPS) is 17.6. The van der Waals surface area contributed by atoms with Crippen molar-refractivity contribution >= 4 is 17.3 Å². The lowest BCUT2D eigenvalue weighted by Gasteiger charge is -2.23. The van der Waals surface area contributed by atoms with Gasteiger partial charge in [-0.1, -0.05) is 0 Å². The van der Waals surface area contributed by atoms with E-state index in [1.54, 1.807) is 11.3 Å².